The fourth-order valence-electron chi connectivity index (χ4n) is 2.75. The minimum atomic E-state index is -1.14. The molecule has 26 heavy (non-hydrogen) atoms. The van der Waals surface area contributed by atoms with Crippen molar-refractivity contribution in [3.8, 4) is 5.75 Å². The second-order valence-electron chi connectivity index (χ2n) is 6.29. The highest BCUT2D eigenvalue weighted by Crippen LogP contribution is 2.27. The van der Waals surface area contributed by atoms with Crippen LogP contribution in [0.1, 0.15) is 29.0 Å². The number of esters is 1. The first-order valence-electron chi connectivity index (χ1n) is 8.01. The molecule has 0 amide bonds. The Balaban J connectivity index is 2.01. The molecule has 0 unspecified atom stereocenters. The third kappa shape index (κ3) is 3.37. The maximum atomic E-state index is 13.2. The zero-order valence-corrected chi connectivity index (χ0v) is 16.2. The zero-order valence-electron chi connectivity index (χ0n) is 14.7. The first-order chi connectivity index (χ1) is 12.3. The van der Waals surface area contributed by atoms with Crippen LogP contribution in [-0.4, -0.2) is 29.2 Å². The predicted octanol–water partition coefficient (Wildman–Crippen LogP) is 4.69. The number of carbonyl (C=O) groups excluding carboxylic acids is 2. The number of rotatable bonds is 4. The van der Waals surface area contributed by atoms with Gasteiger partial charge in [0.2, 0.25) is 0 Å². The summed E-state index contributed by atoms with van der Waals surface area (Å²) in [7, 11) is 1.32. The van der Waals surface area contributed by atoms with Gasteiger partial charge in [0, 0.05) is 16.1 Å². The van der Waals surface area contributed by atoms with Crippen LogP contribution in [0.3, 0.4) is 0 Å². The van der Waals surface area contributed by atoms with Gasteiger partial charge >= 0.3 is 5.97 Å². The molecule has 0 aliphatic heterocycles. The molecule has 0 aliphatic rings. The van der Waals surface area contributed by atoms with E-state index < -0.39 is 11.6 Å². The summed E-state index contributed by atoms with van der Waals surface area (Å²) >= 11 is 3.37. The number of para-hydroxylation sites is 1. The average molecular weight is 416 g/mol. The van der Waals surface area contributed by atoms with E-state index in [1.54, 1.807) is 38.1 Å². The molecule has 1 heterocycles. The lowest BCUT2D eigenvalue weighted by atomic mass is 10.1. The van der Waals surface area contributed by atoms with Crippen molar-refractivity contribution in [3.05, 3.63) is 64.8 Å². The summed E-state index contributed by atoms with van der Waals surface area (Å²) in [6, 6.07) is 14.5. The highest BCUT2D eigenvalue weighted by Gasteiger charge is 2.33. The third-order valence-corrected chi connectivity index (χ3v) is 4.57. The van der Waals surface area contributed by atoms with Crippen molar-refractivity contribution in [2.75, 3.05) is 7.11 Å². The van der Waals surface area contributed by atoms with E-state index in [1.807, 2.05) is 24.3 Å². The summed E-state index contributed by atoms with van der Waals surface area (Å²) in [5.41, 5.74) is -0.163. The molecule has 0 saturated heterocycles. The van der Waals surface area contributed by atoms with Gasteiger partial charge in [-0.3, -0.25) is 9.36 Å². The summed E-state index contributed by atoms with van der Waals surface area (Å²) in [4.78, 5) is 25.2. The Morgan fingerprint density at radius 2 is 1.69 bits per heavy atom. The summed E-state index contributed by atoms with van der Waals surface area (Å²) in [5.74, 6) is -0.192. The Morgan fingerprint density at radius 3 is 2.35 bits per heavy atom. The Kier molecular flexibility index (Phi) is 4.87. The number of carbonyl (C=O) groups is 2. The average Bonchev–Trinajstić information content (AvgIpc) is 3.01. The number of benzene rings is 2. The smallest absolute Gasteiger partial charge is 0.340 e. The van der Waals surface area contributed by atoms with Crippen LogP contribution in [0.25, 0.3) is 10.9 Å². The van der Waals surface area contributed by atoms with Gasteiger partial charge < -0.3 is 9.47 Å². The molecule has 6 heteroatoms. The molecule has 0 fully saturated rings. The van der Waals surface area contributed by atoms with Crippen LogP contribution < -0.4 is 4.74 Å². The normalized spacial score (nSPS) is 11.4. The number of fused-ring (bicyclic) bond motifs is 1. The minimum Gasteiger partial charge on any atom is -0.478 e. The van der Waals surface area contributed by atoms with E-state index in [0.29, 0.717) is 22.2 Å². The molecule has 3 rings (SSSR count). The SMILES string of the molecule is COC(=O)c1cn(C(=O)C(C)(C)Oc2ccc(Br)cc2)c2ccccc12. The molecule has 0 saturated carbocycles. The summed E-state index contributed by atoms with van der Waals surface area (Å²) in [6.07, 6.45) is 1.51. The summed E-state index contributed by atoms with van der Waals surface area (Å²) in [5, 5.41) is 0.659. The van der Waals surface area contributed by atoms with E-state index in [0.717, 1.165) is 4.47 Å². The van der Waals surface area contributed by atoms with Crippen molar-refractivity contribution >= 4 is 38.7 Å². The summed E-state index contributed by atoms with van der Waals surface area (Å²) in [6.45, 7) is 3.40. The third-order valence-electron chi connectivity index (χ3n) is 4.04. The second-order valence-corrected chi connectivity index (χ2v) is 7.21. The number of ether oxygens (including phenoxy) is 2. The highest BCUT2D eigenvalue weighted by molar-refractivity contribution is 9.10. The summed E-state index contributed by atoms with van der Waals surface area (Å²) < 4.78 is 13.1. The van der Waals surface area contributed by atoms with E-state index in [-0.39, 0.29) is 5.91 Å². The molecule has 0 radical (unpaired) electrons. The molecular formula is C20H18BrNO4. The van der Waals surface area contributed by atoms with E-state index >= 15 is 0 Å². The van der Waals surface area contributed by atoms with Crippen LogP contribution in [-0.2, 0) is 4.74 Å². The van der Waals surface area contributed by atoms with Crippen LogP contribution in [0, 0.1) is 0 Å². The maximum absolute atomic E-state index is 13.2. The largest absolute Gasteiger partial charge is 0.478 e. The topological polar surface area (TPSA) is 57.5 Å². The van der Waals surface area contributed by atoms with Crippen LogP contribution in [0.15, 0.2) is 59.2 Å². The van der Waals surface area contributed by atoms with E-state index in [4.69, 9.17) is 9.47 Å². The van der Waals surface area contributed by atoms with Crippen molar-refractivity contribution in [2.24, 2.45) is 0 Å². The number of methoxy groups -OCH3 is 1. The first kappa shape index (κ1) is 18.2. The van der Waals surface area contributed by atoms with Gasteiger partial charge in [-0.2, -0.15) is 0 Å². The Labute approximate surface area is 159 Å². The molecule has 2 aromatic carbocycles. The van der Waals surface area contributed by atoms with Gasteiger partial charge in [-0.25, -0.2) is 4.79 Å². The molecule has 0 spiro atoms. The number of hydrogen-bond donors (Lipinski definition) is 0. The van der Waals surface area contributed by atoms with Gasteiger partial charge in [0.05, 0.1) is 18.2 Å². The molecule has 5 nitrogen and oxygen atoms in total. The predicted molar refractivity (Wildman–Crippen MR) is 103 cm³/mol. The fraction of sp³-hybridized carbons (Fsp3) is 0.200. The maximum Gasteiger partial charge on any atom is 0.340 e. The van der Waals surface area contributed by atoms with Crippen molar-refractivity contribution in [3.63, 3.8) is 0 Å². The lowest BCUT2D eigenvalue weighted by molar-refractivity contribution is 0.0493. The van der Waals surface area contributed by atoms with Crippen LogP contribution >= 0.6 is 15.9 Å². The monoisotopic (exact) mass is 415 g/mol. The Morgan fingerprint density at radius 1 is 1.04 bits per heavy atom. The lowest BCUT2D eigenvalue weighted by Crippen LogP contribution is -2.41. The number of nitrogens with zero attached hydrogens (tertiary/aromatic N) is 1. The van der Waals surface area contributed by atoms with Gasteiger partial charge in [-0.05, 0) is 44.2 Å². The number of aromatic nitrogens is 1. The quantitative estimate of drug-likeness (QED) is 0.580. The lowest BCUT2D eigenvalue weighted by Gasteiger charge is -2.25. The van der Waals surface area contributed by atoms with Crippen molar-refractivity contribution in [1.82, 2.24) is 4.57 Å². The van der Waals surface area contributed by atoms with Crippen LogP contribution in [0.4, 0.5) is 0 Å². The Hall–Kier alpha value is -2.60. The van der Waals surface area contributed by atoms with E-state index in [1.165, 1.54) is 17.9 Å². The van der Waals surface area contributed by atoms with Crippen molar-refractivity contribution in [1.29, 1.82) is 0 Å². The molecule has 0 bridgehead atoms. The number of hydrogen-bond acceptors (Lipinski definition) is 4. The van der Waals surface area contributed by atoms with Gasteiger partial charge in [0.1, 0.15) is 5.75 Å². The van der Waals surface area contributed by atoms with Crippen LogP contribution in [0.5, 0.6) is 5.75 Å². The molecule has 0 N–H and O–H groups in total. The van der Waals surface area contributed by atoms with Crippen LogP contribution in [0.2, 0.25) is 0 Å². The van der Waals surface area contributed by atoms with Gasteiger partial charge in [0.25, 0.3) is 5.91 Å². The standard InChI is InChI=1S/C20H18BrNO4/c1-20(2,26-14-10-8-13(21)9-11-14)19(24)22-12-16(18(23)25-3)15-6-4-5-7-17(15)22/h4-12H,1-3H3. The molecule has 0 aliphatic carbocycles. The fourth-order valence-corrected chi connectivity index (χ4v) is 3.02. The highest BCUT2D eigenvalue weighted by atomic mass is 79.9. The molecule has 134 valence electrons. The second kappa shape index (κ2) is 6.96. The molecule has 1 aromatic heterocycles. The van der Waals surface area contributed by atoms with Gasteiger partial charge in [0.15, 0.2) is 5.60 Å². The van der Waals surface area contributed by atoms with E-state index in [9.17, 15) is 9.59 Å². The zero-order chi connectivity index (χ0) is 18.9. The van der Waals surface area contributed by atoms with Crippen molar-refractivity contribution in [2.45, 2.75) is 19.4 Å². The minimum absolute atomic E-state index is 0.285. The first-order valence-corrected chi connectivity index (χ1v) is 8.80. The number of halogens is 1. The van der Waals surface area contributed by atoms with E-state index in [2.05, 4.69) is 15.9 Å². The van der Waals surface area contributed by atoms with Gasteiger partial charge in [-0.15, -0.1) is 0 Å². The van der Waals surface area contributed by atoms with Crippen molar-refractivity contribution < 1.29 is 19.1 Å². The Bertz CT molecular complexity index is 973. The molecule has 3 aromatic rings. The van der Waals surface area contributed by atoms with Gasteiger partial charge in [-0.1, -0.05) is 34.1 Å². The molecular weight excluding hydrogens is 398 g/mol. The molecule has 0 atom stereocenters.